The van der Waals surface area contributed by atoms with Crippen molar-refractivity contribution in [3.05, 3.63) is 16.3 Å². The van der Waals surface area contributed by atoms with Crippen LogP contribution in [-0.2, 0) is 0 Å². The van der Waals surface area contributed by atoms with Crippen LogP contribution in [0.5, 0.6) is 5.75 Å². The van der Waals surface area contributed by atoms with Crippen molar-refractivity contribution in [1.82, 2.24) is 0 Å². The lowest BCUT2D eigenvalue weighted by atomic mass is 10.1. The molecule has 4 nitrogen and oxygen atoms in total. The van der Waals surface area contributed by atoms with Crippen LogP contribution in [0.25, 0.3) is 0 Å². The predicted octanol–water partition coefficient (Wildman–Crippen LogP) is 2.52. The molecule has 0 aromatic carbocycles. The number of thiophene rings is 1. The lowest BCUT2D eigenvalue weighted by molar-refractivity contribution is 0.0702. The molecular formula is C11H11NO3S. The minimum atomic E-state index is -0.932. The minimum Gasteiger partial charge on any atom is -0.492 e. The van der Waals surface area contributed by atoms with E-state index in [9.17, 15) is 4.79 Å². The SMILES string of the molecule is N#CCC1(COc2csc(C(=O)O)c2)CC1. The van der Waals surface area contributed by atoms with Crippen LogP contribution in [0.15, 0.2) is 11.4 Å². The summed E-state index contributed by atoms with van der Waals surface area (Å²) in [5.41, 5.74) is 0.0279. The quantitative estimate of drug-likeness (QED) is 0.854. The van der Waals surface area contributed by atoms with Gasteiger partial charge in [-0.3, -0.25) is 0 Å². The first-order valence-corrected chi connectivity index (χ1v) is 5.85. The topological polar surface area (TPSA) is 70.3 Å². The van der Waals surface area contributed by atoms with Gasteiger partial charge in [-0.2, -0.15) is 5.26 Å². The third-order valence-corrected chi connectivity index (χ3v) is 3.64. The van der Waals surface area contributed by atoms with Crippen LogP contribution in [0.1, 0.15) is 28.9 Å². The van der Waals surface area contributed by atoms with Gasteiger partial charge in [0.05, 0.1) is 12.7 Å². The molecule has 1 saturated carbocycles. The van der Waals surface area contributed by atoms with Crippen molar-refractivity contribution in [3.63, 3.8) is 0 Å². The van der Waals surface area contributed by atoms with Crippen molar-refractivity contribution < 1.29 is 14.6 Å². The largest absolute Gasteiger partial charge is 0.492 e. The summed E-state index contributed by atoms with van der Waals surface area (Å²) in [7, 11) is 0. The van der Waals surface area contributed by atoms with Gasteiger partial charge in [0.25, 0.3) is 0 Å². The normalized spacial score (nSPS) is 16.4. The highest BCUT2D eigenvalue weighted by Crippen LogP contribution is 2.48. The summed E-state index contributed by atoms with van der Waals surface area (Å²) in [6, 6.07) is 3.68. The Bertz CT molecular complexity index is 442. The van der Waals surface area contributed by atoms with E-state index in [0.717, 1.165) is 24.2 Å². The standard InChI is InChI=1S/C11H11NO3S/c12-4-3-11(1-2-11)7-15-8-5-9(10(13)14)16-6-8/h5-6H,1-3,7H2,(H,13,14). The molecular weight excluding hydrogens is 226 g/mol. The van der Waals surface area contributed by atoms with Gasteiger partial charge in [-0.05, 0) is 12.8 Å². The number of nitriles is 1. The lowest BCUT2D eigenvalue weighted by Crippen LogP contribution is -2.11. The number of nitrogens with zero attached hydrogens (tertiary/aromatic N) is 1. The van der Waals surface area contributed by atoms with Crippen LogP contribution in [0.3, 0.4) is 0 Å². The summed E-state index contributed by atoms with van der Waals surface area (Å²) in [6.45, 7) is 0.510. The van der Waals surface area contributed by atoms with E-state index in [2.05, 4.69) is 6.07 Å². The molecule has 0 atom stereocenters. The van der Waals surface area contributed by atoms with E-state index in [1.54, 1.807) is 5.38 Å². The van der Waals surface area contributed by atoms with Crippen LogP contribution in [0.2, 0.25) is 0 Å². The Morgan fingerprint density at radius 3 is 2.94 bits per heavy atom. The summed E-state index contributed by atoms with van der Waals surface area (Å²) in [6.07, 6.45) is 2.57. The third-order valence-electron chi connectivity index (χ3n) is 2.74. The highest BCUT2D eigenvalue weighted by molar-refractivity contribution is 7.12. The molecule has 1 aliphatic rings. The highest BCUT2D eigenvalue weighted by Gasteiger charge is 2.43. The molecule has 1 aromatic rings. The van der Waals surface area contributed by atoms with Gasteiger partial charge in [0.2, 0.25) is 0 Å². The molecule has 5 heteroatoms. The summed E-state index contributed by atoms with van der Waals surface area (Å²) >= 11 is 1.15. The monoisotopic (exact) mass is 237 g/mol. The Morgan fingerprint density at radius 1 is 1.69 bits per heavy atom. The summed E-state index contributed by atoms with van der Waals surface area (Å²) in [4.78, 5) is 10.9. The van der Waals surface area contributed by atoms with E-state index in [1.165, 1.54) is 6.07 Å². The molecule has 1 N–H and O–H groups in total. The van der Waals surface area contributed by atoms with Crippen molar-refractivity contribution >= 4 is 17.3 Å². The second kappa shape index (κ2) is 4.14. The molecule has 1 fully saturated rings. The summed E-state index contributed by atoms with van der Waals surface area (Å²) in [5.74, 6) is -0.343. The van der Waals surface area contributed by atoms with Crippen LogP contribution in [0.4, 0.5) is 0 Å². The van der Waals surface area contributed by atoms with Gasteiger partial charge < -0.3 is 9.84 Å². The fraction of sp³-hybridized carbons (Fsp3) is 0.455. The number of rotatable bonds is 5. The van der Waals surface area contributed by atoms with Gasteiger partial charge in [-0.1, -0.05) is 0 Å². The Labute approximate surface area is 97.1 Å². The van der Waals surface area contributed by atoms with Crippen LogP contribution in [0, 0.1) is 16.7 Å². The highest BCUT2D eigenvalue weighted by atomic mass is 32.1. The summed E-state index contributed by atoms with van der Waals surface area (Å²) in [5, 5.41) is 19.1. The number of hydrogen-bond acceptors (Lipinski definition) is 4. The van der Waals surface area contributed by atoms with Crippen LogP contribution < -0.4 is 4.74 Å². The first-order chi connectivity index (χ1) is 7.65. The fourth-order valence-corrected chi connectivity index (χ4v) is 2.12. The number of hydrogen-bond donors (Lipinski definition) is 1. The van der Waals surface area contributed by atoms with E-state index in [4.69, 9.17) is 15.1 Å². The van der Waals surface area contributed by atoms with Crippen molar-refractivity contribution in [2.24, 2.45) is 5.41 Å². The van der Waals surface area contributed by atoms with Gasteiger partial charge in [-0.25, -0.2) is 4.79 Å². The molecule has 16 heavy (non-hydrogen) atoms. The van der Waals surface area contributed by atoms with Crippen molar-refractivity contribution in [1.29, 1.82) is 5.26 Å². The first-order valence-electron chi connectivity index (χ1n) is 4.97. The van der Waals surface area contributed by atoms with Gasteiger partial charge in [0, 0.05) is 23.3 Å². The number of carbonyl (C=O) groups is 1. The molecule has 0 amide bonds. The molecule has 1 aromatic heterocycles. The van der Waals surface area contributed by atoms with Crippen LogP contribution in [-0.4, -0.2) is 17.7 Å². The third kappa shape index (κ3) is 2.34. The smallest absolute Gasteiger partial charge is 0.346 e. The molecule has 2 rings (SSSR count). The molecule has 1 heterocycles. The number of aromatic carboxylic acids is 1. The molecule has 0 spiro atoms. The van der Waals surface area contributed by atoms with E-state index >= 15 is 0 Å². The molecule has 0 radical (unpaired) electrons. The lowest BCUT2D eigenvalue weighted by Gasteiger charge is -2.11. The Morgan fingerprint density at radius 2 is 2.44 bits per heavy atom. The van der Waals surface area contributed by atoms with Crippen molar-refractivity contribution in [2.75, 3.05) is 6.61 Å². The van der Waals surface area contributed by atoms with E-state index in [-0.39, 0.29) is 10.3 Å². The van der Waals surface area contributed by atoms with E-state index < -0.39 is 5.97 Å². The average Bonchev–Trinajstić information content (AvgIpc) is 2.84. The minimum absolute atomic E-state index is 0.0279. The first kappa shape index (κ1) is 11.0. The van der Waals surface area contributed by atoms with Crippen LogP contribution >= 0.6 is 11.3 Å². The van der Waals surface area contributed by atoms with E-state index in [1.807, 2.05) is 0 Å². The number of carboxylic acid groups (broad SMARTS) is 1. The zero-order valence-corrected chi connectivity index (χ0v) is 9.42. The molecule has 0 unspecified atom stereocenters. The molecule has 0 bridgehead atoms. The number of carboxylic acids is 1. The predicted molar refractivity (Wildman–Crippen MR) is 58.7 cm³/mol. The zero-order valence-electron chi connectivity index (χ0n) is 8.60. The Kier molecular flexibility index (Phi) is 2.84. The van der Waals surface area contributed by atoms with Crippen molar-refractivity contribution in [2.45, 2.75) is 19.3 Å². The Hall–Kier alpha value is -1.54. The molecule has 84 valence electrons. The Balaban J connectivity index is 1.90. The molecule has 0 aliphatic heterocycles. The van der Waals surface area contributed by atoms with Gasteiger partial charge in [0.1, 0.15) is 10.6 Å². The number of ether oxygens (including phenoxy) is 1. The average molecular weight is 237 g/mol. The van der Waals surface area contributed by atoms with Gasteiger partial charge >= 0.3 is 5.97 Å². The second-order valence-corrected chi connectivity index (χ2v) is 4.99. The van der Waals surface area contributed by atoms with Gasteiger partial charge in [0.15, 0.2) is 0 Å². The molecule has 0 saturated heterocycles. The van der Waals surface area contributed by atoms with Gasteiger partial charge in [-0.15, -0.1) is 11.3 Å². The summed E-state index contributed by atoms with van der Waals surface area (Å²) < 4.78 is 5.51. The maximum Gasteiger partial charge on any atom is 0.346 e. The van der Waals surface area contributed by atoms with E-state index in [0.29, 0.717) is 18.8 Å². The zero-order chi connectivity index (χ0) is 11.6. The molecule has 1 aliphatic carbocycles. The maximum atomic E-state index is 10.6. The second-order valence-electron chi connectivity index (χ2n) is 4.08. The fourth-order valence-electron chi connectivity index (χ4n) is 1.46. The maximum absolute atomic E-state index is 10.6. The van der Waals surface area contributed by atoms with Crippen molar-refractivity contribution in [3.8, 4) is 11.8 Å².